The van der Waals surface area contributed by atoms with Crippen molar-refractivity contribution in [3.63, 3.8) is 0 Å². The number of nitrogens with zero attached hydrogens (tertiary/aromatic N) is 2. The molecule has 2 atom stereocenters. The van der Waals surface area contributed by atoms with E-state index in [0.29, 0.717) is 25.2 Å². The van der Waals surface area contributed by atoms with Crippen LogP contribution in [0, 0.1) is 4.91 Å². The number of benzene rings is 3. The first kappa shape index (κ1) is 38.3. The average molecular weight is 644 g/mol. The first-order valence-electron chi connectivity index (χ1n) is 15.5. The van der Waals surface area contributed by atoms with Gasteiger partial charge in [0.25, 0.3) is 5.91 Å². The Morgan fingerprint density at radius 3 is 2.34 bits per heavy atom. The summed E-state index contributed by atoms with van der Waals surface area (Å²) in [6, 6.07) is 19.3. The van der Waals surface area contributed by atoms with Crippen molar-refractivity contribution < 1.29 is 28.6 Å². The van der Waals surface area contributed by atoms with E-state index in [-0.39, 0.29) is 29.4 Å². The summed E-state index contributed by atoms with van der Waals surface area (Å²) in [7, 11) is 5.03. The Labute approximate surface area is 277 Å². The number of nitrogens with one attached hydrogen (secondary N) is 1. The van der Waals surface area contributed by atoms with Gasteiger partial charge in [0, 0.05) is 43.6 Å². The summed E-state index contributed by atoms with van der Waals surface area (Å²) in [5.41, 5.74) is 3.72. The van der Waals surface area contributed by atoms with Crippen LogP contribution < -0.4 is 10.1 Å². The van der Waals surface area contributed by atoms with Gasteiger partial charge in [-0.2, -0.15) is 0 Å². The van der Waals surface area contributed by atoms with Gasteiger partial charge in [-0.05, 0) is 54.8 Å². The number of carbonyl (C=O) groups excluding carboxylic acids is 3. The van der Waals surface area contributed by atoms with Crippen molar-refractivity contribution in [1.82, 2.24) is 4.90 Å². The van der Waals surface area contributed by atoms with E-state index in [2.05, 4.69) is 10.5 Å². The Morgan fingerprint density at radius 1 is 0.979 bits per heavy atom. The highest BCUT2D eigenvalue weighted by molar-refractivity contribution is 6.04. The van der Waals surface area contributed by atoms with Crippen molar-refractivity contribution in [2.75, 3.05) is 46.3 Å². The summed E-state index contributed by atoms with van der Waals surface area (Å²) in [5, 5.41) is 5.62. The van der Waals surface area contributed by atoms with Crippen LogP contribution in [0.4, 0.5) is 5.69 Å². The summed E-state index contributed by atoms with van der Waals surface area (Å²) in [6.07, 6.45) is 5.96. The number of methoxy groups -OCH3 is 1. The van der Waals surface area contributed by atoms with Crippen LogP contribution in [-0.4, -0.2) is 76.2 Å². The molecule has 10 heteroatoms. The number of amides is 2. The largest absolute Gasteiger partial charge is 0.487 e. The maximum Gasteiger partial charge on any atom is 0.316 e. The third-order valence-electron chi connectivity index (χ3n) is 7.13. The molecule has 0 saturated heterocycles. The fourth-order valence-corrected chi connectivity index (χ4v) is 4.43. The third-order valence-corrected chi connectivity index (χ3v) is 7.13. The highest BCUT2D eigenvalue weighted by atomic mass is 16.5. The van der Waals surface area contributed by atoms with Crippen LogP contribution in [0.5, 0.6) is 5.75 Å². The van der Waals surface area contributed by atoms with Crippen molar-refractivity contribution in [3.05, 3.63) is 112 Å². The van der Waals surface area contributed by atoms with Crippen LogP contribution in [0.1, 0.15) is 58.8 Å². The van der Waals surface area contributed by atoms with Gasteiger partial charge in [0.2, 0.25) is 0 Å². The maximum absolute atomic E-state index is 13.5. The smallest absolute Gasteiger partial charge is 0.316 e. The van der Waals surface area contributed by atoms with Gasteiger partial charge >= 0.3 is 5.91 Å². The number of anilines is 1. The second-order valence-corrected chi connectivity index (χ2v) is 10.3. The van der Waals surface area contributed by atoms with E-state index in [1.54, 1.807) is 14.2 Å². The molecule has 2 unspecified atom stereocenters. The van der Waals surface area contributed by atoms with Gasteiger partial charge in [-0.1, -0.05) is 74.5 Å². The van der Waals surface area contributed by atoms with Crippen LogP contribution in [0.15, 0.2) is 95.7 Å². The fraction of sp³-hybridized carbons (Fsp3) is 0.324. The number of likely N-dealkylation sites (N-methyl/N-ethyl adjacent to an activating group) is 1. The Morgan fingerprint density at radius 2 is 1.70 bits per heavy atom. The lowest BCUT2D eigenvalue weighted by Crippen LogP contribution is -2.35. The van der Waals surface area contributed by atoms with Crippen LogP contribution in [0.25, 0.3) is 11.1 Å². The Hall–Kier alpha value is -4.93. The molecule has 250 valence electrons. The first-order valence-corrected chi connectivity index (χ1v) is 15.5. The minimum absolute atomic E-state index is 0.00655. The molecule has 0 fully saturated rings. The number of nitroso groups, excluding NO2 is 1. The van der Waals surface area contributed by atoms with Gasteiger partial charge in [0.05, 0.1) is 30.6 Å². The minimum Gasteiger partial charge on any atom is -0.487 e. The molecule has 47 heavy (non-hydrogen) atoms. The minimum atomic E-state index is -1.03. The van der Waals surface area contributed by atoms with Gasteiger partial charge in [-0.3, -0.25) is 14.4 Å². The molecule has 0 saturated carbocycles. The molecule has 0 aliphatic heterocycles. The molecular formula is C37H45N3O7. The normalized spacial score (nSPS) is 12.4. The standard InChI is InChI=1S/C35H39N3O7.C2H6/c1-24(38(4)35(41)31-20-29(34(40)37-42)13-14-30(31)22-39)19-26(12-11-25(2)44-18-17-43-5)23-45-33-16-15-28(21-32(33)36-3)27-9-7-6-8-10-27;1-2/h6-16,19-22,24-25,36H,17-18,23H2,1-5H3;1-2H3/b12-11-,26-19+;. The van der Waals surface area contributed by atoms with Gasteiger partial charge in [-0.25, -0.2) is 0 Å². The molecule has 0 bridgehead atoms. The van der Waals surface area contributed by atoms with E-state index < -0.39 is 17.9 Å². The van der Waals surface area contributed by atoms with Gasteiger partial charge in [0.15, 0.2) is 6.29 Å². The monoisotopic (exact) mass is 643 g/mol. The number of carbonyl (C=O) groups is 3. The predicted octanol–water partition coefficient (Wildman–Crippen LogP) is 7.21. The quantitative estimate of drug-likeness (QED) is 0.0752. The van der Waals surface area contributed by atoms with Crippen molar-refractivity contribution in [2.45, 2.75) is 39.8 Å². The first-order chi connectivity index (χ1) is 22.7. The SMILES string of the molecule is CC.CNc1cc(-c2ccccc2)ccc1OCC(/C=C\C(C)OCCOC)=C/C(C)N(C)C(=O)c1cc(C(=O)N=O)ccc1C=O. The van der Waals surface area contributed by atoms with Crippen LogP contribution in [0.3, 0.4) is 0 Å². The van der Waals surface area contributed by atoms with Gasteiger partial charge < -0.3 is 24.4 Å². The van der Waals surface area contributed by atoms with Crippen LogP contribution in [0.2, 0.25) is 0 Å². The van der Waals surface area contributed by atoms with Crippen molar-refractivity contribution in [3.8, 4) is 16.9 Å². The highest BCUT2D eigenvalue weighted by Crippen LogP contribution is 2.31. The van der Waals surface area contributed by atoms with Crippen molar-refractivity contribution >= 4 is 23.8 Å². The molecule has 1 N–H and O–H groups in total. The predicted molar refractivity (Wildman–Crippen MR) is 186 cm³/mol. The van der Waals surface area contributed by atoms with E-state index in [0.717, 1.165) is 22.4 Å². The average Bonchev–Trinajstić information content (AvgIpc) is 3.12. The molecule has 0 aliphatic rings. The fourth-order valence-electron chi connectivity index (χ4n) is 4.43. The number of ether oxygens (including phenoxy) is 3. The van der Waals surface area contributed by atoms with Crippen molar-refractivity contribution in [2.24, 2.45) is 5.18 Å². The summed E-state index contributed by atoms with van der Waals surface area (Å²) in [4.78, 5) is 49.2. The molecule has 0 radical (unpaired) electrons. The van der Waals surface area contributed by atoms with Gasteiger partial charge in [-0.15, -0.1) is 4.91 Å². The molecule has 3 aromatic rings. The van der Waals surface area contributed by atoms with Crippen molar-refractivity contribution in [1.29, 1.82) is 0 Å². The molecule has 0 aromatic heterocycles. The van der Waals surface area contributed by atoms with E-state index in [1.807, 2.05) is 102 Å². The molecule has 0 aliphatic carbocycles. The molecule has 3 aromatic carbocycles. The Kier molecular flexibility index (Phi) is 16.5. The zero-order valence-electron chi connectivity index (χ0n) is 28.2. The van der Waals surface area contributed by atoms with Gasteiger partial charge in [0.1, 0.15) is 12.4 Å². The topological polar surface area (TPSA) is 124 Å². The van der Waals surface area contributed by atoms with E-state index in [4.69, 9.17) is 14.2 Å². The number of rotatable bonds is 16. The van der Waals surface area contributed by atoms with Crippen LogP contribution >= 0.6 is 0 Å². The lowest BCUT2D eigenvalue weighted by atomic mass is 10.0. The van der Waals surface area contributed by atoms with Crippen LogP contribution in [-0.2, 0) is 9.47 Å². The Balaban J connectivity index is 0.00000376. The number of aldehydes is 1. The van der Waals surface area contributed by atoms with E-state index in [9.17, 15) is 19.3 Å². The van der Waals surface area contributed by atoms with E-state index in [1.165, 1.54) is 23.1 Å². The summed E-state index contributed by atoms with van der Waals surface area (Å²) < 4.78 is 17.1. The molecule has 0 spiro atoms. The zero-order chi connectivity index (χ0) is 34.8. The number of hydrogen-bond acceptors (Lipinski definition) is 8. The molecule has 2 amide bonds. The van der Waals surface area contributed by atoms with E-state index >= 15 is 0 Å². The second-order valence-electron chi connectivity index (χ2n) is 10.3. The Bertz CT molecular complexity index is 1540. The number of hydrogen-bond donors (Lipinski definition) is 1. The maximum atomic E-state index is 13.5. The lowest BCUT2D eigenvalue weighted by Gasteiger charge is -2.24. The summed E-state index contributed by atoms with van der Waals surface area (Å²) in [5.74, 6) is -0.879. The second kappa shape index (κ2) is 20.2. The zero-order valence-corrected chi connectivity index (χ0v) is 28.2. The molecule has 10 nitrogen and oxygen atoms in total. The summed E-state index contributed by atoms with van der Waals surface area (Å²) >= 11 is 0. The third kappa shape index (κ3) is 11.4. The molecular weight excluding hydrogens is 598 g/mol. The summed E-state index contributed by atoms with van der Waals surface area (Å²) in [6.45, 7) is 8.82. The lowest BCUT2D eigenvalue weighted by molar-refractivity contribution is 0.0475. The highest BCUT2D eigenvalue weighted by Gasteiger charge is 2.21. The molecule has 3 rings (SSSR count). The molecule has 0 heterocycles.